The Kier molecular flexibility index (Phi) is 7.88. The summed E-state index contributed by atoms with van der Waals surface area (Å²) in [5.41, 5.74) is 7.08. The second-order valence-electron chi connectivity index (χ2n) is 12.3. The van der Waals surface area contributed by atoms with E-state index in [0.717, 1.165) is 55.7 Å². The lowest BCUT2D eigenvalue weighted by molar-refractivity contribution is 1.22. The van der Waals surface area contributed by atoms with Crippen LogP contribution in [0.5, 0.6) is 0 Å². The van der Waals surface area contributed by atoms with Gasteiger partial charge in [-0.3, -0.25) is 9.97 Å². The van der Waals surface area contributed by atoms with Gasteiger partial charge in [-0.05, 0) is 83.9 Å². The van der Waals surface area contributed by atoms with E-state index in [2.05, 4.69) is 140 Å². The largest absolute Gasteiger partial charge is 0.255 e. The fraction of sp³-hybridized carbons (Fsp3) is 0. The van der Waals surface area contributed by atoms with Gasteiger partial charge in [0.2, 0.25) is 0 Å². The molecule has 0 aliphatic rings. The zero-order valence-corrected chi connectivity index (χ0v) is 28.5. The quantitative estimate of drug-likeness (QED) is 0.158. The maximum atomic E-state index is 5.47. The summed E-state index contributed by atoms with van der Waals surface area (Å²) in [7, 11) is -2.07. The Balaban J connectivity index is 1.49. The molecule has 0 aliphatic carbocycles. The Bertz CT molecular complexity index is 2500. The number of benzene rings is 5. The molecule has 0 saturated heterocycles. The lowest BCUT2D eigenvalue weighted by Crippen LogP contribution is -2.07. The molecule has 5 aromatic carbocycles. The average Bonchev–Trinajstić information content (AvgIpc) is 3.22. The molecule has 0 bridgehead atoms. The molecule has 51 heavy (non-hydrogen) atoms. The highest BCUT2D eigenvalue weighted by Gasteiger charge is 2.35. The highest BCUT2D eigenvalue weighted by molar-refractivity contribution is 8.34. The van der Waals surface area contributed by atoms with Crippen LogP contribution < -0.4 is 0 Å². The van der Waals surface area contributed by atoms with Crippen LogP contribution in [0.1, 0.15) is 0 Å². The van der Waals surface area contributed by atoms with Crippen LogP contribution in [0.3, 0.4) is 0 Å². The monoisotopic (exact) mass is 672 g/mol. The molecule has 0 fully saturated rings. The van der Waals surface area contributed by atoms with Crippen molar-refractivity contribution in [2.45, 2.75) is 19.6 Å². The number of aromatic nitrogens is 4. The van der Waals surface area contributed by atoms with Crippen molar-refractivity contribution in [1.82, 2.24) is 19.9 Å². The summed E-state index contributed by atoms with van der Waals surface area (Å²) in [5.74, 6) is 0. The van der Waals surface area contributed by atoms with Crippen LogP contribution >= 0.6 is 10.0 Å². The molecule has 0 aliphatic heterocycles. The minimum absolute atomic E-state index is 0.800. The topological polar surface area (TPSA) is 51.6 Å². The molecule has 0 radical (unpaired) electrons. The third-order valence-electron chi connectivity index (χ3n) is 9.28. The van der Waals surface area contributed by atoms with Gasteiger partial charge in [-0.15, -0.1) is 10.0 Å². The zero-order chi connectivity index (χ0) is 34.0. The molecule has 0 atom stereocenters. The molecule has 0 unspecified atom stereocenters. The van der Waals surface area contributed by atoms with E-state index in [-0.39, 0.29) is 0 Å². The number of pyridine rings is 4. The molecular formula is C46H32N4S. The van der Waals surface area contributed by atoms with Gasteiger partial charge in [-0.25, -0.2) is 9.97 Å². The van der Waals surface area contributed by atoms with Crippen molar-refractivity contribution in [3.8, 4) is 33.9 Å². The first-order valence-electron chi connectivity index (χ1n) is 17.0. The van der Waals surface area contributed by atoms with Crippen LogP contribution in [0.2, 0.25) is 0 Å². The van der Waals surface area contributed by atoms with Gasteiger partial charge in [-0.1, -0.05) is 109 Å². The van der Waals surface area contributed by atoms with Gasteiger partial charge in [0.25, 0.3) is 0 Å². The third kappa shape index (κ3) is 5.36. The van der Waals surface area contributed by atoms with Crippen LogP contribution in [0.4, 0.5) is 0 Å². The molecule has 242 valence electrons. The van der Waals surface area contributed by atoms with Crippen LogP contribution in [-0.4, -0.2) is 19.9 Å². The fourth-order valence-corrected chi connectivity index (χ4v) is 11.1. The summed E-state index contributed by atoms with van der Waals surface area (Å²) in [4.78, 5) is 25.3. The van der Waals surface area contributed by atoms with Gasteiger partial charge in [0, 0.05) is 42.7 Å². The van der Waals surface area contributed by atoms with Crippen LogP contribution in [0.25, 0.3) is 55.7 Å². The van der Waals surface area contributed by atoms with E-state index in [9.17, 15) is 0 Å². The normalized spacial score (nSPS) is 11.8. The van der Waals surface area contributed by atoms with E-state index in [1.165, 1.54) is 19.6 Å². The molecule has 0 saturated carbocycles. The van der Waals surface area contributed by atoms with Crippen molar-refractivity contribution in [2.75, 3.05) is 0 Å². The summed E-state index contributed by atoms with van der Waals surface area (Å²) in [5, 5.41) is 2.09. The van der Waals surface area contributed by atoms with Crippen molar-refractivity contribution < 1.29 is 0 Å². The van der Waals surface area contributed by atoms with Crippen molar-refractivity contribution in [2.24, 2.45) is 0 Å². The first kappa shape index (κ1) is 30.6. The van der Waals surface area contributed by atoms with Crippen LogP contribution in [0, 0.1) is 0 Å². The van der Waals surface area contributed by atoms with Crippen LogP contribution in [-0.2, 0) is 0 Å². The lowest BCUT2D eigenvalue weighted by Gasteiger charge is -2.42. The van der Waals surface area contributed by atoms with Crippen molar-refractivity contribution in [1.29, 1.82) is 0 Å². The van der Waals surface area contributed by atoms with Crippen molar-refractivity contribution in [3.05, 3.63) is 194 Å². The molecule has 5 heteroatoms. The number of nitrogens with zero attached hydrogens (tertiary/aromatic N) is 4. The van der Waals surface area contributed by atoms with E-state index in [4.69, 9.17) is 19.9 Å². The van der Waals surface area contributed by atoms with Gasteiger partial charge in [0.15, 0.2) is 0 Å². The second-order valence-corrected chi connectivity index (χ2v) is 15.3. The van der Waals surface area contributed by atoms with E-state index in [1.807, 2.05) is 54.9 Å². The number of fused-ring (bicyclic) bond motifs is 3. The Labute approximate surface area is 298 Å². The second kappa shape index (κ2) is 13.1. The van der Waals surface area contributed by atoms with Gasteiger partial charge in [0.1, 0.15) is 0 Å². The summed E-state index contributed by atoms with van der Waals surface area (Å²) >= 11 is 0. The third-order valence-corrected chi connectivity index (χ3v) is 13.2. The molecule has 9 aromatic rings. The summed E-state index contributed by atoms with van der Waals surface area (Å²) < 4.78 is 0. The first-order valence-corrected chi connectivity index (χ1v) is 18.6. The van der Waals surface area contributed by atoms with Crippen molar-refractivity contribution in [3.63, 3.8) is 0 Å². The first-order chi connectivity index (χ1) is 25.3. The van der Waals surface area contributed by atoms with E-state index < -0.39 is 10.0 Å². The standard InChI is InChI=1S/C46H32N4S/c1-5-17-33(18-6-1)39-31-42(40-25-13-15-29-47-40)49-45-37(39)27-28-38-44(32-43(50-46(38)45)41-26-14-16-30-48-41)51(34-19-7-2-8-20-34,35-21-9-3-10-22-35)36-23-11-4-12-24-36/h1-32H. The molecule has 4 heterocycles. The van der Waals surface area contributed by atoms with E-state index in [0.29, 0.717) is 0 Å². The van der Waals surface area contributed by atoms with Gasteiger partial charge < -0.3 is 0 Å². The maximum Gasteiger partial charge on any atom is 0.0984 e. The predicted octanol–water partition coefficient (Wildman–Crippen LogP) is 11.9. The number of hydrogen-bond donors (Lipinski definition) is 0. The molecule has 4 aromatic heterocycles. The van der Waals surface area contributed by atoms with Gasteiger partial charge in [0.05, 0.1) is 33.8 Å². The van der Waals surface area contributed by atoms with Gasteiger partial charge >= 0.3 is 0 Å². The summed E-state index contributed by atoms with van der Waals surface area (Å²) in [6, 6.07) is 64.2. The summed E-state index contributed by atoms with van der Waals surface area (Å²) in [6.07, 6.45) is 3.65. The molecule has 4 nitrogen and oxygen atoms in total. The smallest absolute Gasteiger partial charge is 0.0984 e. The van der Waals surface area contributed by atoms with Crippen LogP contribution in [0.15, 0.2) is 214 Å². The minimum Gasteiger partial charge on any atom is -0.255 e. The highest BCUT2D eigenvalue weighted by Crippen LogP contribution is 2.74. The van der Waals surface area contributed by atoms with E-state index >= 15 is 0 Å². The highest BCUT2D eigenvalue weighted by atomic mass is 32.3. The molecule has 0 amide bonds. The predicted molar refractivity (Wildman–Crippen MR) is 209 cm³/mol. The minimum atomic E-state index is -2.07. The maximum absolute atomic E-state index is 5.47. The van der Waals surface area contributed by atoms with Crippen molar-refractivity contribution >= 4 is 31.8 Å². The Morgan fingerprint density at radius 2 is 0.784 bits per heavy atom. The molecule has 0 N–H and O–H groups in total. The zero-order valence-electron chi connectivity index (χ0n) is 27.7. The average molecular weight is 673 g/mol. The number of rotatable bonds is 7. The Morgan fingerprint density at radius 1 is 0.353 bits per heavy atom. The molecule has 0 spiro atoms. The Hall–Kier alpha value is -6.43. The molecule has 9 rings (SSSR count). The fourth-order valence-electron chi connectivity index (χ4n) is 7.01. The SMILES string of the molecule is c1ccc(-c2cc(-c3ccccn3)nc3c2ccc2c(S(c4ccccc4)(c4ccccc4)c4ccccc4)cc(-c4ccccn4)nc23)cc1. The summed E-state index contributed by atoms with van der Waals surface area (Å²) in [6.45, 7) is 0. The number of hydrogen-bond acceptors (Lipinski definition) is 4. The van der Waals surface area contributed by atoms with E-state index in [1.54, 1.807) is 0 Å². The Morgan fingerprint density at radius 3 is 1.27 bits per heavy atom. The van der Waals surface area contributed by atoms with Gasteiger partial charge in [-0.2, -0.15) is 0 Å². The lowest BCUT2D eigenvalue weighted by atomic mass is 9.98. The molecular weight excluding hydrogens is 641 g/mol.